The van der Waals surface area contributed by atoms with E-state index >= 15 is 0 Å². The van der Waals surface area contributed by atoms with Crippen LogP contribution >= 0.6 is 0 Å². The maximum Gasteiger partial charge on any atom is 0.237 e. The number of hydrogen-bond acceptors (Lipinski definition) is 3. The Kier molecular flexibility index (Phi) is 4.54. The van der Waals surface area contributed by atoms with Crippen LogP contribution in [0.1, 0.15) is 39.5 Å². The highest BCUT2D eigenvalue weighted by molar-refractivity contribution is 5.82. The van der Waals surface area contributed by atoms with Gasteiger partial charge in [-0.2, -0.15) is 0 Å². The Morgan fingerprint density at radius 3 is 2.67 bits per heavy atom. The predicted octanol–water partition coefficient (Wildman–Crippen LogP) is 0.372. The predicted molar refractivity (Wildman–Crippen MR) is 61.5 cm³/mol. The van der Waals surface area contributed by atoms with Crippen LogP contribution in [-0.4, -0.2) is 30.6 Å². The number of carbonyl (C=O) groups is 1. The summed E-state index contributed by atoms with van der Waals surface area (Å²) >= 11 is 0. The van der Waals surface area contributed by atoms with Crippen LogP contribution < -0.4 is 16.4 Å². The highest BCUT2D eigenvalue weighted by Crippen LogP contribution is 2.10. The van der Waals surface area contributed by atoms with Crippen LogP contribution in [-0.2, 0) is 4.79 Å². The molecule has 0 unspecified atom stereocenters. The molecule has 0 saturated carbocycles. The summed E-state index contributed by atoms with van der Waals surface area (Å²) in [5.41, 5.74) is 5.87. The van der Waals surface area contributed by atoms with Crippen molar-refractivity contribution in [2.24, 2.45) is 5.73 Å². The van der Waals surface area contributed by atoms with Gasteiger partial charge < -0.3 is 16.4 Å². The van der Waals surface area contributed by atoms with E-state index in [1.54, 1.807) is 0 Å². The van der Waals surface area contributed by atoms with E-state index in [4.69, 9.17) is 5.73 Å². The number of carbonyl (C=O) groups excluding carboxylic acids is 1. The standard InChI is InChI=1S/C11H23N3O/c1-3-11(12,4-2)8-14-10(15)9-6-5-7-13-9/h9,13H,3-8,12H2,1-2H3,(H,14,15)/t9-/m0/s1. The van der Waals surface area contributed by atoms with Gasteiger partial charge in [0.25, 0.3) is 0 Å². The lowest BCUT2D eigenvalue weighted by atomic mass is 9.94. The first-order chi connectivity index (χ1) is 7.11. The van der Waals surface area contributed by atoms with E-state index in [9.17, 15) is 4.79 Å². The fourth-order valence-corrected chi connectivity index (χ4v) is 1.79. The first-order valence-corrected chi connectivity index (χ1v) is 5.91. The van der Waals surface area contributed by atoms with Gasteiger partial charge in [0.05, 0.1) is 6.04 Å². The average Bonchev–Trinajstić information content (AvgIpc) is 2.79. The summed E-state index contributed by atoms with van der Waals surface area (Å²) in [5.74, 6) is 0.101. The summed E-state index contributed by atoms with van der Waals surface area (Å²) < 4.78 is 0. The summed E-state index contributed by atoms with van der Waals surface area (Å²) in [6.45, 7) is 5.65. The molecule has 0 aromatic heterocycles. The van der Waals surface area contributed by atoms with Crippen LogP contribution in [0.3, 0.4) is 0 Å². The van der Waals surface area contributed by atoms with Gasteiger partial charge in [0.2, 0.25) is 5.91 Å². The minimum Gasteiger partial charge on any atom is -0.353 e. The van der Waals surface area contributed by atoms with Gasteiger partial charge in [-0.05, 0) is 32.2 Å². The van der Waals surface area contributed by atoms with E-state index < -0.39 is 0 Å². The van der Waals surface area contributed by atoms with Crippen LogP contribution in [0.25, 0.3) is 0 Å². The number of nitrogens with one attached hydrogen (secondary N) is 2. The second-order valence-electron chi connectivity index (χ2n) is 4.44. The number of nitrogens with two attached hydrogens (primary N) is 1. The number of rotatable bonds is 5. The first kappa shape index (κ1) is 12.5. The lowest BCUT2D eigenvalue weighted by Crippen LogP contribution is -2.52. The van der Waals surface area contributed by atoms with Crippen molar-refractivity contribution in [3.8, 4) is 0 Å². The molecule has 4 nitrogen and oxygen atoms in total. The largest absolute Gasteiger partial charge is 0.353 e. The van der Waals surface area contributed by atoms with Crippen LogP contribution in [0.2, 0.25) is 0 Å². The third-order valence-corrected chi connectivity index (χ3v) is 3.40. The highest BCUT2D eigenvalue weighted by atomic mass is 16.2. The Balaban J connectivity index is 2.32. The maximum atomic E-state index is 11.7. The molecule has 0 aromatic carbocycles. The molecule has 1 amide bonds. The zero-order valence-electron chi connectivity index (χ0n) is 9.81. The molecule has 4 heteroatoms. The van der Waals surface area contributed by atoms with E-state index in [-0.39, 0.29) is 17.5 Å². The van der Waals surface area contributed by atoms with Crippen molar-refractivity contribution >= 4 is 5.91 Å². The molecule has 1 fully saturated rings. The summed E-state index contributed by atoms with van der Waals surface area (Å²) in [7, 11) is 0. The van der Waals surface area contributed by atoms with Crippen molar-refractivity contribution in [3.63, 3.8) is 0 Å². The summed E-state index contributed by atoms with van der Waals surface area (Å²) in [5, 5.41) is 6.12. The minimum absolute atomic E-state index is 0.00274. The SMILES string of the molecule is CCC(N)(CC)CNC(=O)[C@@H]1CCCN1. The van der Waals surface area contributed by atoms with Crippen LogP contribution in [0, 0.1) is 0 Å². The fraction of sp³-hybridized carbons (Fsp3) is 0.909. The quantitative estimate of drug-likeness (QED) is 0.618. The second-order valence-corrected chi connectivity index (χ2v) is 4.44. The van der Waals surface area contributed by atoms with Gasteiger partial charge in [-0.15, -0.1) is 0 Å². The van der Waals surface area contributed by atoms with Gasteiger partial charge in [0.1, 0.15) is 0 Å². The van der Waals surface area contributed by atoms with Crippen molar-refractivity contribution in [3.05, 3.63) is 0 Å². The van der Waals surface area contributed by atoms with Crippen molar-refractivity contribution in [2.75, 3.05) is 13.1 Å². The van der Waals surface area contributed by atoms with E-state index in [1.165, 1.54) is 0 Å². The smallest absolute Gasteiger partial charge is 0.237 e. The van der Waals surface area contributed by atoms with Gasteiger partial charge in [0, 0.05) is 12.1 Å². The molecule has 0 aromatic rings. The Hall–Kier alpha value is -0.610. The van der Waals surface area contributed by atoms with Gasteiger partial charge in [-0.25, -0.2) is 0 Å². The second kappa shape index (κ2) is 5.47. The molecule has 4 N–H and O–H groups in total. The van der Waals surface area contributed by atoms with Crippen molar-refractivity contribution in [2.45, 2.75) is 51.1 Å². The molecule has 88 valence electrons. The van der Waals surface area contributed by atoms with Crippen LogP contribution in [0.15, 0.2) is 0 Å². The normalized spacial score (nSPS) is 21.7. The minimum atomic E-state index is -0.242. The first-order valence-electron chi connectivity index (χ1n) is 5.91. The lowest BCUT2D eigenvalue weighted by molar-refractivity contribution is -0.123. The van der Waals surface area contributed by atoms with Gasteiger partial charge in [-0.1, -0.05) is 13.8 Å². The monoisotopic (exact) mass is 213 g/mol. The zero-order chi connectivity index (χ0) is 11.3. The van der Waals surface area contributed by atoms with E-state index in [0.29, 0.717) is 6.54 Å². The van der Waals surface area contributed by atoms with Crippen molar-refractivity contribution in [1.29, 1.82) is 0 Å². The zero-order valence-corrected chi connectivity index (χ0v) is 9.81. The Bertz CT molecular complexity index is 208. The molecule has 1 heterocycles. The molecular formula is C11H23N3O. The van der Waals surface area contributed by atoms with E-state index in [0.717, 1.165) is 32.2 Å². The van der Waals surface area contributed by atoms with Gasteiger partial charge in [-0.3, -0.25) is 4.79 Å². The average molecular weight is 213 g/mol. The molecule has 1 aliphatic rings. The van der Waals surface area contributed by atoms with Crippen LogP contribution in [0.4, 0.5) is 0 Å². The molecule has 1 saturated heterocycles. The number of hydrogen-bond donors (Lipinski definition) is 3. The molecule has 0 spiro atoms. The Labute approximate surface area is 92.0 Å². The van der Waals surface area contributed by atoms with E-state index in [2.05, 4.69) is 24.5 Å². The topological polar surface area (TPSA) is 67.1 Å². The molecular weight excluding hydrogens is 190 g/mol. The third-order valence-electron chi connectivity index (χ3n) is 3.40. The van der Waals surface area contributed by atoms with E-state index in [1.807, 2.05) is 0 Å². The number of amides is 1. The Morgan fingerprint density at radius 1 is 1.53 bits per heavy atom. The molecule has 1 rings (SSSR count). The van der Waals surface area contributed by atoms with Crippen molar-refractivity contribution in [1.82, 2.24) is 10.6 Å². The van der Waals surface area contributed by atoms with Gasteiger partial charge >= 0.3 is 0 Å². The third kappa shape index (κ3) is 3.47. The van der Waals surface area contributed by atoms with Crippen LogP contribution in [0.5, 0.6) is 0 Å². The molecule has 15 heavy (non-hydrogen) atoms. The van der Waals surface area contributed by atoms with Crippen molar-refractivity contribution < 1.29 is 4.79 Å². The van der Waals surface area contributed by atoms with Gasteiger partial charge in [0.15, 0.2) is 0 Å². The molecule has 1 atom stereocenters. The molecule has 0 radical (unpaired) electrons. The summed E-state index contributed by atoms with van der Waals surface area (Å²) in [4.78, 5) is 11.7. The molecule has 1 aliphatic heterocycles. The highest BCUT2D eigenvalue weighted by Gasteiger charge is 2.25. The fourth-order valence-electron chi connectivity index (χ4n) is 1.79. The molecule has 0 bridgehead atoms. The summed E-state index contributed by atoms with van der Waals surface area (Å²) in [6.07, 6.45) is 3.82. The maximum absolute atomic E-state index is 11.7. The molecule has 0 aliphatic carbocycles. The summed E-state index contributed by atoms with van der Waals surface area (Å²) in [6, 6.07) is 0.00274. The lowest BCUT2D eigenvalue weighted by Gasteiger charge is -2.27. The Morgan fingerprint density at radius 2 is 2.20 bits per heavy atom.